The molecule has 0 unspecified atom stereocenters. The molecule has 0 saturated heterocycles. The molecule has 0 saturated carbocycles. The average Bonchev–Trinajstić information content (AvgIpc) is 1.98. The molecule has 1 rings (SSSR count). The number of azo groups is 1. The Morgan fingerprint density at radius 2 is 1.88 bits per heavy atom. The van der Waals surface area contributed by atoms with Crippen molar-refractivity contribution in [2.24, 2.45) is 10.2 Å². The molecule has 0 atom stereocenters. The van der Waals surface area contributed by atoms with Crippen LogP contribution in [-0.2, 0) is 0 Å². The topological polar surface area (TPSA) is 24.7 Å². The van der Waals surface area contributed by atoms with Crippen molar-refractivity contribution in [3.63, 3.8) is 0 Å². The zero-order valence-corrected chi connectivity index (χ0v) is 5.10. The molecule has 1 heterocycles. The van der Waals surface area contributed by atoms with Gasteiger partial charge in [-0.05, 0) is 19.4 Å². The van der Waals surface area contributed by atoms with Gasteiger partial charge in [0, 0.05) is 0 Å². The van der Waals surface area contributed by atoms with Crippen LogP contribution in [0.4, 0.5) is 0 Å². The SMILES string of the molecule is C=C1N=NC(C)=C1C. The largest absolute Gasteiger partial charge is 0.155 e. The normalized spacial score (nSPS) is 18.5. The lowest BCUT2D eigenvalue weighted by atomic mass is 10.2. The summed E-state index contributed by atoms with van der Waals surface area (Å²) in [6, 6.07) is 0. The summed E-state index contributed by atoms with van der Waals surface area (Å²) in [5.74, 6) is 0. The van der Waals surface area contributed by atoms with Crippen LogP contribution in [0.5, 0.6) is 0 Å². The molecule has 1 aliphatic heterocycles. The molecule has 42 valence electrons. The van der Waals surface area contributed by atoms with E-state index in [1.54, 1.807) is 0 Å². The maximum Gasteiger partial charge on any atom is 0.0833 e. The quantitative estimate of drug-likeness (QED) is 0.454. The van der Waals surface area contributed by atoms with E-state index in [9.17, 15) is 0 Å². The number of allylic oxidation sites excluding steroid dienone is 2. The van der Waals surface area contributed by atoms with Gasteiger partial charge in [0.25, 0.3) is 0 Å². The summed E-state index contributed by atoms with van der Waals surface area (Å²) in [5, 5.41) is 7.56. The Balaban J connectivity index is 3.02. The molecule has 2 nitrogen and oxygen atoms in total. The number of nitrogens with zero attached hydrogens (tertiary/aromatic N) is 2. The van der Waals surface area contributed by atoms with E-state index >= 15 is 0 Å². The van der Waals surface area contributed by atoms with Crippen LogP contribution in [0.25, 0.3) is 0 Å². The van der Waals surface area contributed by atoms with Crippen molar-refractivity contribution >= 4 is 0 Å². The van der Waals surface area contributed by atoms with Crippen LogP contribution >= 0.6 is 0 Å². The van der Waals surface area contributed by atoms with Crippen LogP contribution in [0.2, 0.25) is 0 Å². The van der Waals surface area contributed by atoms with Gasteiger partial charge in [-0.1, -0.05) is 6.58 Å². The Morgan fingerprint density at radius 3 is 2.00 bits per heavy atom. The Morgan fingerprint density at radius 1 is 1.25 bits per heavy atom. The highest BCUT2D eigenvalue weighted by molar-refractivity contribution is 5.32. The molecule has 0 amide bonds. The maximum absolute atomic E-state index is 3.80. The zero-order valence-electron chi connectivity index (χ0n) is 5.10. The second-order valence-corrected chi connectivity index (χ2v) is 1.86. The molecule has 1 aliphatic rings. The fraction of sp³-hybridized carbons (Fsp3) is 0.333. The van der Waals surface area contributed by atoms with Crippen LogP contribution in [0.15, 0.2) is 33.8 Å². The number of hydrogen-bond donors (Lipinski definition) is 0. The summed E-state index contributed by atoms with van der Waals surface area (Å²) < 4.78 is 0. The Hall–Kier alpha value is -0.920. The highest BCUT2D eigenvalue weighted by atomic mass is 15.1. The van der Waals surface area contributed by atoms with Crippen molar-refractivity contribution in [2.75, 3.05) is 0 Å². The molecular formula is C6H8N2. The molecule has 0 radical (unpaired) electrons. The summed E-state index contributed by atoms with van der Waals surface area (Å²) in [4.78, 5) is 0. The van der Waals surface area contributed by atoms with Crippen molar-refractivity contribution in [3.8, 4) is 0 Å². The van der Waals surface area contributed by atoms with Crippen molar-refractivity contribution < 1.29 is 0 Å². The fourth-order valence-corrected chi connectivity index (χ4v) is 0.494. The Bertz CT molecular complexity index is 183. The third-order valence-corrected chi connectivity index (χ3v) is 1.30. The molecular weight excluding hydrogens is 100 g/mol. The van der Waals surface area contributed by atoms with Crippen molar-refractivity contribution in [3.05, 3.63) is 23.5 Å². The van der Waals surface area contributed by atoms with Gasteiger partial charge in [0.05, 0.1) is 11.4 Å². The van der Waals surface area contributed by atoms with E-state index in [1.807, 2.05) is 13.8 Å². The Labute approximate surface area is 48.6 Å². The van der Waals surface area contributed by atoms with Gasteiger partial charge in [0.2, 0.25) is 0 Å². The van der Waals surface area contributed by atoms with Crippen molar-refractivity contribution in [2.45, 2.75) is 13.8 Å². The van der Waals surface area contributed by atoms with Gasteiger partial charge in [0.1, 0.15) is 0 Å². The smallest absolute Gasteiger partial charge is 0.0833 e. The lowest BCUT2D eigenvalue weighted by molar-refractivity contribution is 1.17. The first-order chi connectivity index (χ1) is 3.72. The van der Waals surface area contributed by atoms with E-state index in [2.05, 4.69) is 16.8 Å². The Kier molecular flexibility index (Phi) is 1.01. The first-order valence-electron chi connectivity index (χ1n) is 2.50. The van der Waals surface area contributed by atoms with Gasteiger partial charge in [-0.3, -0.25) is 0 Å². The van der Waals surface area contributed by atoms with Gasteiger partial charge in [-0.25, -0.2) is 0 Å². The van der Waals surface area contributed by atoms with Gasteiger partial charge in [-0.15, -0.1) is 0 Å². The molecule has 0 aliphatic carbocycles. The molecule has 0 fully saturated rings. The molecule has 0 bridgehead atoms. The second kappa shape index (κ2) is 1.54. The predicted octanol–water partition coefficient (Wildman–Crippen LogP) is 2.26. The number of rotatable bonds is 0. The standard InChI is InChI=1S/C6H8N2/c1-4-5(2)7-8-6(4)3/h2H2,1,3H3. The van der Waals surface area contributed by atoms with E-state index in [1.165, 1.54) is 0 Å². The van der Waals surface area contributed by atoms with Gasteiger partial charge >= 0.3 is 0 Å². The summed E-state index contributed by atoms with van der Waals surface area (Å²) in [6.07, 6.45) is 0. The minimum atomic E-state index is 0.794. The van der Waals surface area contributed by atoms with Crippen molar-refractivity contribution in [1.29, 1.82) is 0 Å². The van der Waals surface area contributed by atoms with E-state index < -0.39 is 0 Å². The van der Waals surface area contributed by atoms with Crippen LogP contribution < -0.4 is 0 Å². The second-order valence-electron chi connectivity index (χ2n) is 1.86. The van der Waals surface area contributed by atoms with E-state index in [0.29, 0.717) is 0 Å². The lowest BCUT2D eigenvalue weighted by Crippen LogP contribution is -1.72. The molecule has 0 aromatic rings. The third kappa shape index (κ3) is 0.579. The van der Waals surface area contributed by atoms with E-state index in [4.69, 9.17) is 0 Å². The summed E-state index contributed by atoms with van der Waals surface area (Å²) in [6.45, 7) is 7.56. The molecule has 0 N–H and O–H groups in total. The van der Waals surface area contributed by atoms with Gasteiger partial charge in [-0.2, -0.15) is 10.2 Å². The van der Waals surface area contributed by atoms with Crippen LogP contribution in [0.3, 0.4) is 0 Å². The third-order valence-electron chi connectivity index (χ3n) is 1.30. The van der Waals surface area contributed by atoms with E-state index in [-0.39, 0.29) is 0 Å². The molecule has 0 aromatic heterocycles. The molecule has 0 spiro atoms. The molecule has 8 heavy (non-hydrogen) atoms. The monoisotopic (exact) mass is 108 g/mol. The van der Waals surface area contributed by atoms with Crippen LogP contribution in [0, 0.1) is 0 Å². The first kappa shape index (κ1) is 5.22. The van der Waals surface area contributed by atoms with Gasteiger partial charge in [0.15, 0.2) is 0 Å². The van der Waals surface area contributed by atoms with Crippen LogP contribution in [0.1, 0.15) is 13.8 Å². The highest BCUT2D eigenvalue weighted by Gasteiger charge is 2.05. The maximum atomic E-state index is 3.80. The van der Waals surface area contributed by atoms with Crippen molar-refractivity contribution in [1.82, 2.24) is 0 Å². The fourth-order valence-electron chi connectivity index (χ4n) is 0.494. The van der Waals surface area contributed by atoms with Crippen LogP contribution in [-0.4, -0.2) is 0 Å². The summed E-state index contributed by atoms with van der Waals surface area (Å²) >= 11 is 0. The zero-order chi connectivity index (χ0) is 6.15. The highest BCUT2D eigenvalue weighted by Crippen LogP contribution is 2.21. The molecule has 0 aromatic carbocycles. The molecule has 2 heteroatoms. The average molecular weight is 108 g/mol. The first-order valence-corrected chi connectivity index (χ1v) is 2.50. The minimum absolute atomic E-state index is 0.794. The van der Waals surface area contributed by atoms with E-state index in [0.717, 1.165) is 17.0 Å². The van der Waals surface area contributed by atoms with Gasteiger partial charge < -0.3 is 0 Å². The lowest BCUT2D eigenvalue weighted by Gasteiger charge is -1.86. The predicted molar refractivity (Wildman–Crippen MR) is 32.4 cm³/mol. The minimum Gasteiger partial charge on any atom is -0.155 e. The number of hydrogen-bond acceptors (Lipinski definition) is 2. The summed E-state index contributed by atoms with van der Waals surface area (Å²) in [5.41, 5.74) is 2.88. The summed E-state index contributed by atoms with van der Waals surface area (Å²) in [7, 11) is 0.